The summed E-state index contributed by atoms with van der Waals surface area (Å²) in [6, 6.07) is 5.17. The van der Waals surface area contributed by atoms with Crippen molar-refractivity contribution >= 4 is 19.2 Å². The minimum atomic E-state index is -4.62. The van der Waals surface area contributed by atoms with Crippen molar-refractivity contribution in [3.8, 4) is 0 Å². The predicted octanol–water partition coefficient (Wildman–Crippen LogP) is 2.99. The SMILES string of the molecule is CCCCN1C(C)C(C)(P(=O)(O)O)C(=O)N1c1cc(C)cc(C)c1. The molecular formula is C17H27N2O4P. The van der Waals surface area contributed by atoms with E-state index in [-0.39, 0.29) is 0 Å². The van der Waals surface area contributed by atoms with Gasteiger partial charge in [-0.25, -0.2) is 10.0 Å². The van der Waals surface area contributed by atoms with Gasteiger partial charge in [0.05, 0.1) is 11.7 Å². The molecule has 1 aromatic carbocycles. The van der Waals surface area contributed by atoms with Crippen molar-refractivity contribution in [2.75, 3.05) is 11.6 Å². The van der Waals surface area contributed by atoms with E-state index in [4.69, 9.17) is 0 Å². The van der Waals surface area contributed by atoms with Crippen molar-refractivity contribution in [1.29, 1.82) is 0 Å². The van der Waals surface area contributed by atoms with E-state index >= 15 is 0 Å². The van der Waals surface area contributed by atoms with Gasteiger partial charge in [-0.2, -0.15) is 0 Å². The van der Waals surface area contributed by atoms with Gasteiger partial charge in [-0.05, 0) is 57.4 Å². The molecule has 1 amide bonds. The predicted molar refractivity (Wildman–Crippen MR) is 94.9 cm³/mol. The fourth-order valence-electron chi connectivity index (χ4n) is 3.29. The molecule has 0 bridgehead atoms. The van der Waals surface area contributed by atoms with E-state index in [1.165, 1.54) is 11.9 Å². The number of hydrazine groups is 1. The zero-order valence-electron chi connectivity index (χ0n) is 15.0. The van der Waals surface area contributed by atoms with E-state index in [0.717, 1.165) is 24.0 Å². The van der Waals surface area contributed by atoms with E-state index in [1.807, 2.05) is 39.0 Å². The third kappa shape index (κ3) is 3.04. The molecule has 1 saturated heterocycles. The number of carbonyl (C=O) groups is 1. The van der Waals surface area contributed by atoms with Gasteiger partial charge in [0.1, 0.15) is 0 Å². The van der Waals surface area contributed by atoms with Crippen LogP contribution in [0.15, 0.2) is 18.2 Å². The molecular weight excluding hydrogens is 327 g/mol. The van der Waals surface area contributed by atoms with Crippen molar-refractivity contribution in [2.45, 2.75) is 58.7 Å². The number of amides is 1. The quantitative estimate of drug-likeness (QED) is 0.795. The number of rotatable bonds is 5. The van der Waals surface area contributed by atoms with E-state index in [0.29, 0.717) is 12.2 Å². The Bertz CT molecular complexity index is 667. The highest BCUT2D eigenvalue weighted by Crippen LogP contribution is 2.57. The Balaban J connectivity index is 2.57. The van der Waals surface area contributed by atoms with Crippen LogP contribution in [0.25, 0.3) is 0 Å². The van der Waals surface area contributed by atoms with Gasteiger partial charge in [-0.1, -0.05) is 19.4 Å². The maximum Gasteiger partial charge on any atom is 0.342 e. The van der Waals surface area contributed by atoms with Crippen LogP contribution in [-0.2, 0) is 9.36 Å². The molecule has 7 heteroatoms. The summed E-state index contributed by atoms with van der Waals surface area (Å²) >= 11 is 0. The second kappa shape index (κ2) is 6.60. The third-order valence-electron chi connectivity index (χ3n) is 4.94. The fraction of sp³-hybridized carbons (Fsp3) is 0.588. The Kier molecular flexibility index (Phi) is 5.26. The molecule has 1 heterocycles. The summed E-state index contributed by atoms with van der Waals surface area (Å²) in [6.07, 6.45) is 1.78. The van der Waals surface area contributed by atoms with Crippen LogP contribution in [0, 0.1) is 13.8 Å². The summed E-state index contributed by atoms with van der Waals surface area (Å²) in [5, 5.41) is 1.54. The van der Waals surface area contributed by atoms with Crippen LogP contribution in [-0.4, -0.2) is 38.4 Å². The maximum absolute atomic E-state index is 13.1. The summed E-state index contributed by atoms with van der Waals surface area (Å²) in [7, 11) is -4.62. The van der Waals surface area contributed by atoms with Gasteiger partial charge in [-0.3, -0.25) is 9.36 Å². The van der Waals surface area contributed by atoms with E-state index < -0.39 is 24.7 Å². The van der Waals surface area contributed by atoms with Crippen LogP contribution in [0.3, 0.4) is 0 Å². The van der Waals surface area contributed by atoms with Gasteiger partial charge >= 0.3 is 7.60 Å². The van der Waals surface area contributed by atoms with Crippen LogP contribution >= 0.6 is 7.60 Å². The lowest BCUT2D eigenvalue weighted by Gasteiger charge is -2.32. The Morgan fingerprint density at radius 1 is 1.21 bits per heavy atom. The standard InChI is InChI=1S/C17H27N2O4P/c1-6-7-8-18-14(4)17(5,24(21,22)23)16(20)19(18)15-10-12(2)9-13(3)11-15/h9-11,14H,6-8H2,1-5H3,(H2,21,22,23). The molecule has 2 rings (SSSR count). The highest BCUT2D eigenvalue weighted by molar-refractivity contribution is 7.55. The summed E-state index contributed by atoms with van der Waals surface area (Å²) in [6.45, 7) is 9.60. The van der Waals surface area contributed by atoms with Gasteiger partial charge in [0.15, 0.2) is 5.16 Å². The van der Waals surface area contributed by atoms with Gasteiger partial charge < -0.3 is 9.79 Å². The molecule has 2 unspecified atom stereocenters. The third-order valence-corrected chi connectivity index (χ3v) is 6.71. The minimum Gasteiger partial charge on any atom is -0.324 e. The summed E-state index contributed by atoms with van der Waals surface area (Å²) in [5.74, 6) is -0.538. The molecule has 0 saturated carbocycles. The van der Waals surface area contributed by atoms with Crippen LogP contribution < -0.4 is 5.01 Å². The van der Waals surface area contributed by atoms with Crippen LogP contribution in [0.2, 0.25) is 0 Å². The molecule has 1 aromatic rings. The topological polar surface area (TPSA) is 81.1 Å². The summed E-state index contributed by atoms with van der Waals surface area (Å²) in [5.41, 5.74) is 2.67. The zero-order valence-corrected chi connectivity index (χ0v) is 15.9. The Morgan fingerprint density at radius 2 is 1.75 bits per heavy atom. The number of anilines is 1. The number of hydrogen-bond donors (Lipinski definition) is 2. The lowest BCUT2D eigenvalue weighted by atomic mass is 10.0. The monoisotopic (exact) mass is 354 g/mol. The molecule has 0 spiro atoms. The molecule has 2 N–H and O–H groups in total. The van der Waals surface area contributed by atoms with Gasteiger partial charge in [0.2, 0.25) is 0 Å². The number of nitrogens with zero attached hydrogens (tertiary/aromatic N) is 2. The largest absolute Gasteiger partial charge is 0.342 e. The normalized spacial score (nSPS) is 25.5. The first-order valence-electron chi connectivity index (χ1n) is 8.29. The molecule has 1 aliphatic heterocycles. The van der Waals surface area contributed by atoms with Crippen molar-refractivity contribution in [3.05, 3.63) is 29.3 Å². The second-order valence-electron chi connectivity index (χ2n) is 6.85. The number of hydrogen-bond acceptors (Lipinski definition) is 3. The van der Waals surface area contributed by atoms with E-state index in [1.54, 1.807) is 11.9 Å². The molecule has 6 nitrogen and oxygen atoms in total. The Morgan fingerprint density at radius 3 is 2.21 bits per heavy atom. The lowest BCUT2D eigenvalue weighted by molar-refractivity contribution is -0.120. The molecule has 24 heavy (non-hydrogen) atoms. The average Bonchev–Trinajstić information content (AvgIpc) is 2.65. The smallest absolute Gasteiger partial charge is 0.324 e. The second-order valence-corrected chi connectivity index (χ2v) is 8.86. The number of unbranched alkanes of at least 4 members (excludes halogenated alkanes) is 1. The highest BCUT2D eigenvalue weighted by atomic mass is 31.2. The molecule has 1 fully saturated rings. The number of aryl methyl sites for hydroxylation is 2. The average molecular weight is 354 g/mol. The lowest BCUT2D eigenvalue weighted by Crippen LogP contribution is -2.43. The van der Waals surface area contributed by atoms with Crippen molar-refractivity contribution in [3.63, 3.8) is 0 Å². The van der Waals surface area contributed by atoms with Gasteiger partial charge in [0.25, 0.3) is 5.91 Å². The zero-order chi connectivity index (χ0) is 18.3. The van der Waals surface area contributed by atoms with E-state index in [2.05, 4.69) is 0 Å². The van der Waals surface area contributed by atoms with Crippen molar-refractivity contribution < 1.29 is 19.1 Å². The number of carbonyl (C=O) groups excluding carboxylic acids is 1. The molecule has 0 radical (unpaired) electrons. The molecule has 0 aromatic heterocycles. The van der Waals surface area contributed by atoms with Crippen LogP contribution in [0.4, 0.5) is 5.69 Å². The summed E-state index contributed by atoms with van der Waals surface area (Å²) in [4.78, 5) is 32.8. The van der Waals surface area contributed by atoms with Crippen molar-refractivity contribution in [1.82, 2.24) is 5.01 Å². The van der Waals surface area contributed by atoms with E-state index in [9.17, 15) is 19.1 Å². The molecule has 1 aliphatic rings. The molecule has 2 atom stereocenters. The Labute approximate surface area is 143 Å². The van der Waals surface area contributed by atoms with Crippen LogP contribution in [0.5, 0.6) is 0 Å². The fourth-order valence-corrected chi connectivity index (χ4v) is 4.26. The first-order valence-corrected chi connectivity index (χ1v) is 9.90. The summed E-state index contributed by atoms with van der Waals surface area (Å²) < 4.78 is 12.1. The number of benzene rings is 1. The van der Waals surface area contributed by atoms with Gasteiger partial charge in [0, 0.05) is 6.54 Å². The Hall–Kier alpha value is -1.20. The van der Waals surface area contributed by atoms with Gasteiger partial charge in [-0.15, -0.1) is 0 Å². The molecule has 0 aliphatic carbocycles. The maximum atomic E-state index is 13.1. The van der Waals surface area contributed by atoms with Crippen molar-refractivity contribution in [2.24, 2.45) is 0 Å². The highest BCUT2D eigenvalue weighted by Gasteiger charge is 2.63. The first kappa shape index (κ1) is 19.1. The first-order chi connectivity index (χ1) is 11.0. The minimum absolute atomic E-state index is 0.538. The molecule has 134 valence electrons. The van der Waals surface area contributed by atoms with Crippen LogP contribution in [0.1, 0.15) is 44.7 Å².